The van der Waals surface area contributed by atoms with Gasteiger partial charge in [-0.15, -0.1) is 0 Å². The lowest BCUT2D eigenvalue weighted by atomic mass is 9.95. The number of rotatable bonds is 16. The van der Waals surface area contributed by atoms with Gasteiger partial charge in [-0.05, 0) is 102 Å². The van der Waals surface area contributed by atoms with Gasteiger partial charge in [-0.25, -0.2) is 0 Å². The summed E-state index contributed by atoms with van der Waals surface area (Å²) in [6.45, 7) is 0.0179. The Kier molecular flexibility index (Phi) is 12.1. The summed E-state index contributed by atoms with van der Waals surface area (Å²) >= 11 is 0. The van der Waals surface area contributed by atoms with Gasteiger partial charge in [0.15, 0.2) is 0 Å². The van der Waals surface area contributed by atoms with Crippen LogP contribution in [0.1, 0.15) is 72.3 Å². The number of benzene rings is 4. The van der Waals surface area contributed by atoms with Gasteiger partial charge in [0.25, 0.3) is 5.91 Å². The van der Waals surface area contributed by atoms with Crippen molar-refractivity contribution in [2.24, 2.45) is 0 Å². The molecule has 0 bridgehead atoms. The lowest BCUT2D eigenvalue weighted by Crippen LogP contribution is -2.35. The molecule has 2 aliphatic rings. The van der Waals surface area contributed by atoms with Gasteiger partial charge in [0.1, 0.15) is 11.6 Å². The zero-order valence-corrected chi connectivity index (χ0v) is 29.7. The van der Waals surface area contributed by atoms with Crippen molar-refractivity contribution in [2.75, 3.05) is 31.1 Å². The van der Waals surface area contributed by atoms with Gasteiger partial charge in [-0.1, -0.05) is 91.7 Å². The van der Waals surface area contributed by atoms with Gasteiger partial charge < -0.3 is 20.4 Å². The Bertz CT molecular complexity index is 1960. The van der Waals surface area contributed by atoms with E-state index in [0.29, 0.717) is 44.3 Å². The zero-order valence-electron chi connectivity index (χ0n) is 29.7. The van der Waals surface area contributed by atoms with Crippen LogP contribution in [0.25, 0.3) is 17.7 Å². The van der Waals surface area contributed by atoms with Gasteiger partial charge in [-0.2, -0.15) is 5.26 Å². The van der Waals surface area contributed by atoms with E-state index in [2.05, 4.69) is 107 Å². The molecule has 0 saturated heterocycles. The van der Waals surface area contributed by atoms with Crippen molar-refractivity contribution in [3.8, 4) is 6.07 Å². The third-order valence-electron chi connectivity index (χ3n) is 10.0. The average molecular weight is 709 g/mol. The fraction of sp³-hybridized carbons (Fsp3) is 0.273. The Morgan fingerprint density at radius 1 is 0.792 bits per heavy atom. The molecule has 0 aromatic heterocycles. The van der Waals surface area contributed by atoms with E-state index in [0.717, 1.165) is 36.1 Å². The fourth-order valence-corrected chi connectivity index (χ4v) is 7.61. The second-order valence-corrected chi connectivity index (χ2v) is 13.7. The predicted octanol–water partition coefficient (Wildman–Crippen LogP) is 7.73. The van der Waals surface area contributed by atoms with Gasteiger partial charge in [0, 0.05) is 29.9 Å². The summed E-state index contributed by atoms with van der Waals surface area (Å²) < 4.78 is 0. The van der Waals surface area contributed by atoms with Crippen LogP contribution in [0, 0.1) is 11.3 Å². The summed E-state index contributed by atoms with van der Waals surface area (Å²) in [5.41, 5.74) is 9.04. The maximum Gasteiger partial charge on any atom is 0.317 e. The highest BCUT2D eigenvalue weighted by atomic mass is 16.4. The lowest BCUT2D eigenvalue weighted by molar-refractivity contribution is -0.141. The Hall–Kier alpha value is -5.98. The first kappa shape index (κ1) is 36.8. The maximum absolute atomic E-state index is 12.9. The third kappa shape index (κ3) is 9.28. The lowest BCUT2D eigenvalue weighted by Gasteiger charge is -2.27. The minimum Gasteiger partial charge on any atom is -0.480 e. The number of nitrogens with zero attached hydrogens (tertiary/aromatic N) is 3. The van der Waals surface area contributed by atoms with Crippen LogP contribution in [0.4, 0.5) is 11.4 Å². The highest BCUT2D eigenvalue weighted by Crippen LogP contribution is 2.52. The van der Waals surface area contributed by atoms with Crippen LogP contribution in [0.15, 0.2) is 109 Å². The monoisotopic (exact) mass is 708 g/mol. The standard InChI is InChI=1S/C44H44N4O5/c45-28-35(44(53)46-23-8-3-9-24-47(29-42(49)50)30-43(51)52)25-32-19-22-41-39(27-32)37-15-10-16-40(37)48(41)36-20-17-31(18-21-36)26-38(33-11-4-1-5-12-33)34-13-6-2-7-14-34/h1-2,4-7,11-14,17-22,25-27,37,40H,3,8-10,15-16,23-24,29-30H2,(H,46,53)(H,49,50)(H,51,52)/b35-25+. The fourth-order valence-electron chi connectivity index (χ4n) is 7.61. The molecule has 2 unspecified atom stereocenters. The topological polar surface area (TPSA) is 134 Å². The molecule has 1 aliphatic carbocycles. The highest BCUT2D eigenvalue weighted by molar-refractivity contribution is 6.01. The molecule has 53 heavy (non-hydrogen) atoms. The molecule has 9 heteroatoms. The molecule has 2 atom stereocenters. The van der Waals surface area contributed by atoms with Crippen LogP contribution in [0.5, 0.6) is 0 Å². The van der Waals surface area contributed by atoms with Crippen molar-refractivity contribution in [1.82, 2.24) is 10.2 Å². The SMILES string of the molecule is N#C/C(=C\c1ccc2c(c1)C1CCCC1N2c1ccc(C=C(c2ccccc2)c2ccccc2)cc1)C(=O)NCCCCCN(CC(=O)O)CC(=O)O. The first-order chi connectivity index (χ1) is 25.8. The van der Waals surface area contributed by atoms with E-state index in [4.69, 9.17) is 10.2 Å². The van der Waals surface area contributed by atoms with Crippen LogP contribution in [-0.2, 0) is 14.4 Å². The number of aliphatic carboxylic acids is 2. The summed E-state index contributed by atoms with van der Waals surface area (Å²) in [6, 6.07) is 38.3. The van der Waals surface area contributed by atoms with Gasteiger partial charge in [0.05, 0.1) is 13.1 Å². The number of hydrogen-bond donors (Lipinski definition) is 3. The molecule has 9 nitrogen and oxygen atoms in total. The Labute approximate surface area is 310 Å². The molecule has 4 aromatic rings. The van der Waals surface area contributed by atoms with E-state index in [-0.39, 0.29) is 18.7 Å². The molecule has 270 valence electrons. The molecule has 1 aliphatic heterocycles. The first-order valence-corrected chi connectivity index (χ1v) is 18.2. The van der Waals surface area contributed by atoms with Gasteiger partial charge in [-0.3, -0.25) is 19.3 Å². The minimum atomic E-state index is -1.08. The number of amides is 1. The van der Waals surface area contributed by atoms with Crippen molar-refractivity contribution >= 4 is 46.9 Å². The third-order valence-corrected chi connectivity index (χ3v) is 10.0. The number of carboxylic acid groups (broad SMARTS) is 2. The number of fused-ring (bicyclic) bond motifs is 3. The molecule has 1 fully saturated rings. The van der Waals surface area contributed by atoms with E-state index in [1.54, 1.807) is 6.08 Å². The number of hydrogen-bond acceptors (Lipinski definition) is 6. The molecule has 1 heterocycles. The number of carboxylic acids is 2. The summed E-state index contributed by atoms with van der Waals surface area (Å²) in [7, 11) is 0. The summed E-state index contributed by atoms with van der Waals surface area (Å²) in [6.07, 6.45) is 9.12. The molecule has 0 spiro atoms. The van der Waals surface area contributed by atoms with Gasteiger partial charge in [0.2, 0.25) is 0 Å². The van der Waals surface area contributed by atoms with Crippen molar-refractivity contribution < 1.29 is 24.6 Å². The Morgan fingerprint density at radius 3 is 2.06 bits per heavy atom. The molecule has 4 aromatic carbocycles. The largest absolute Gasteiger partial charge is 0.480 e. The Balaban J connectivity index is 1.12. The summed E-state index contributed by atoms with van der Waals surface area (Å²) in [5.74, 6) is -2.21. The normalized spacial score (nSPS) is 16.1. The van der Waals surface area contributed by atoms with E-state index in [1.165, 1.54) is 32.9 Å². The number of unbranched alkanes of at least 4 members (excludes halogenated alkanes) is 2. The van der Waals surface area contributed by atoms with Crippen molar-refractivity contribution in [1.29, 1.82) is 5.26 Å². The van der Waals surface area contributed by atoms with Crippen LogP contribution >= 0.6 is 0 Å². The average Bonchev–Trinajstić information content (AvgIpc) is 3.76. The number of carbonyl (C=O) groups excluding carboxylic acids is 1. The second kappa shape index (κ2) is 17.5. The van der Waals surface area contributed by atoms with E-state index < -0.39 is 17.8 Å². The predicted molar refractivity (Wildman–Crippen MR) is 207 cm³/mol. The quantitative estimate of drug-likeness (QED) is 0.0466. The minimum absolute atomic E-state index is 0.0332. The molecule has 6 rings (SSSR count). The van der Waals surface area contributed by atoms with Gasteiger partial charge >= 0.3 is 11.9 Å². The maximum atomic E-state index is 12.9. The number of nitrogens with one attached hydrogen (secondary N) is 1. The summed E-state index contributed by atoms with van der Waals surface area (Å²) in [5, 5.41) is 30.7. The van der Waals surface area contributed by atoms with Crippen LogP contribution < -0.4 is 10.2 Å². The van der Waals surface area contributed by atoms with Crippen molar-refractivity contribution in [2.45, 2.75) is 50.5 Å². The number of anilines is 2. The van der Waals surface area contributed by atoms with Crippen molar-refractivity contribution in [3.05, 3.63) is 137 Å². The zero-order chi connectivity index (χ0) is 37.2. The van der Waals surface area contributed by atoms with E-state index >= 15 is 0 Å². The molecule has 1 saturated carbocycles. The van der Waals surface area contributed by atoms with Crippen LogP contribution in [0.2, 0.25) is 0 Å². The molecule has 3 N–H and O–H groups in total. The number of nitriles is 1. The molecular formula is C44H44N4O5. The molecule has 1 amide bonds. The molecular weight excluding hydrogens is 665 g/mol. The second-order valence-electron chi connectivity index (χ2n) is 13.7. The highest BCUT2D eigenvalue weighted by Gasteiger charge is 2.42. The Morgan fingerprint density at radius 2 is 1.43 bits per heavy atom. The van der Waals surface area contributed by atoms with Crippen LogP contribution in [-0.4, -0.2) is 65.2 Å². The van der Waals surface area contributed by atoms with Crippen LogP contribution in [0.3, 0.4) is 0 Å². The summed E-state index contributed by atoms with van der Waals surface area (Å²) in [4.78, 5) is 38.7. The number of carbonyl (C=O) groups is 3. The first-order valence-electron chi connectivity index (χ1n) is 18.2. The smallest absolute Gasteiger partial charge is 0.317 e. The van der Waals surface area contributed by atoms with E-state index in [1.807, 2.05) is 18.2 Å². The van der Waals surface area contributed by atoms with Crippen molar-refractivity contribution in [3.63, 3.8) is 0 Å². The molecule has 0 radical (unpaired) electrons. The van der Waals surface area contributed by atoms with E-state index in [9.17, 15) is 19.6 Å².